The van der Waals surface area contributed by atoms with Crippen LogP contribution in [-0.4, -0.2) is 65.9 Å². The van der Waals surface area contributed by atoms with Crippen LogP contribution >= 0.6 is 0 Å². The van der Waals surface area contributed by atoms with E-state index in [4.69, 9.17) is 0 Å². The summed E-state index contributed by atoms with van der Waals surface area (Å²) in [6.07, 6.45) is -16.8. The minimum Gasteiger partial charge on any atom is -0.743 e. The van der Waals surface area contributed by atoms with Crippen LogP contribution in [0.2, 0.25) is 0 Å². The molecule has 0 aromatic carbocycles. The van der Waals surface area contributed by atoms with Gasteiger partial charge in [0.1, 0.15) is 0 Å². The molecule has 0 aliphatic rings. The fraction of sp³-hybridized carbons (Fsp3) is 1.00. The van der Waals surface area contributed by atoms with Crippen molar-refractivity contribution >= 4 is 10.1 Å². The largest absolute Gasteiger partial charge is 1.00 e. The normalized spacial score (nSPS) is 16.5. The number of alkyl halides is 19. The first-order chi connectivity index (χ1) is 13.2. The Bertz CT molecular complexity index is 810. The first-order valence-corrected chi connectivity index (χ1v) is 7.70. The maximum atomic E-state index is 13.2. The third-order valence-corrected chi connectivity index (χ3v) is 4.36. The van der Waals surface area contributed by atoms with Crippen molar-refractivity contribution in [2.75, 3.05) is 0 Å². The van der Waals surface area contributed by atoms with Crippen molar-refractivity contribution in [3.05, 3.63) is 0 Å². The van der Waals surface area contributed by atoms with Gasteiger partial charge in [-0.15, -0.1) is 0 Å². The summed E-state index contributed by atoms with van der Waals surface area (Å²) in [5.74, 6) is -45.4. The molecule has 0 aliphatic carbocycles. The van der Waals surface area contributed by atoms with Crippen molar-refractivity contribution in [3.63, 3.8) is 0 Å². The Balaban J connectivity index is 0. The molecule has 0 fully saturated rings. The summed E-state index contributed by atoms with van der Waals surface area (Å²) in [6.45, 7) is 0. The molecule has 194 valence electrons. The zero-order valence-corrected chi connectivity index (χ0v) is 17.1. The van der Waals surface area contributed by atoms with E-state index in [1.165, 1.54) is 0 Å². The maximum Gasteiger partial charge on any atom is 1.00 e. The molecule has 0 bridgehead atoms. The third kappa shape index (κ3) is 4.26. The van der Waals surface area contributed by atoms with Crippen molar-refractivity contribution in [3.8, 4) is 0 Å². The first-order valence-electron chi connectivity index (χ1n) is 6.29. The summed E-state index contributed by atoms with van der Waals surface area (Å²) in [4.78, 5) is 0. The van der Waals surface area contributed by atoms with Gasteiger partial charge >= 0.3 is 82.4 Å². The van der Waals surface area contributed by atoms with E-state index in [0.29, 0.717) is 0 Å². The molecule has 3 nitrogen and oxygen atoms in total. The molecule has 0 amide bonds. The Morgan fingerprint density at radius 1 is 0.424 bits per heavy atom. The molecule has 0 aliphatic heterocycles. The van der Waals surface area contributed by atoms with Crippen molar-refractivity contribution in [2.45, 2.75) is 52.9 Å². The molecule has 0 N–H and O–H groups in total. The number of rotatable bonds is 7. The van der Waals surface area contributed by atoms with Crippen LogP contribution in [0, 0.1) is 0 Å². The molecule has 24 heteroatoms. The molecular formula is C9F19NaO3S. The minimum atomic E-state index is -9.27. The van der Waals surface area contributed by atoms with Gasteiger partial charge in [-0.25, -0.2) is 12.8 Å². The smallest absolute Gasteiger partial charge is 0.743 e. The van der Waals surface area contributed by atoms with E-state index in [0.717, 1.165) is 0 Å². The van der Waals surface area contributed by atoms with Crippen LogP contribution in [0.25, 0.3) is 0 Å². The quantitative estimate of drug-likeness (QED) is 0.267. The van der Waals surface area contributed by atoms with E-state index >= 15 is 0 Å². The summed E-state index contributed by atoms with van der Waals surface area (Å²) in [6, 6.07) is 0. The molecule has 0 aromatic rings. The van der Waals surface area contributed by atoms with Gasteiger partial charge in [-0.3, -0.25) is 0 Å². The summed E-state index contributed by atoms with van der Waals surface area (Å²) in [7, 11) is -8.27. The van der Waals surface area contributed by atoms with Gasteiger partial charge in [0.15, 0.2) is 10.1 Å². The van der Waals surface area contributed by atoms with Crippen molar-refractivity contribution < 1.29 is 126 Å². The van der Waals surface area contributed by atoms with Crippen LogP contribution in [0.15, 0.2) is 0 Å². The fourth-order valence-corrected chi connectivity index (χ4v) is 2.11. The second-order valence-corrected chi connectivity index (χ2v) is 6.92. The van der Waals surface area contributed by atoms with E-state index in [9.17, 15) is 96.4 Å². The number of hydrogen-bond donors (Lipinski definition) is 0. The predicted octanol–water partition coefficient (Wildman–Crippen LogP) is 2.14. The SMILES string of the molecule is O=S(=O)([O-])C(F)(F)C(F)(F)C(F)(F)C(F)(F)C(F)(F)C(F)(F)C(F)(C(F)(F)F)C(F)(F)F.[Na+]. The van der Waals surface area contributed by atoms with Gasteiger partial charge in [0.2, 0.25) is 0 Å². The second kappa shape index (κ2) is 8.32. The van der Waals surface area contributed by atoms with Gasteiger partial charge < -0.3 is 4.55 Å². The molecule has 0 atom stereocenters. The zero-order valence-electron chi connectivity index (χ0n) is 14.3. The summed E-state index contributed by atoms with van der Waals surface area (Å²) < 4.78 is 273. The Kier molecular flexibility index (Phi) is 8.76. The van der Waals surface area contributed by atoms with Gasteiger partial charge in [-0.05, 0) is 0 Å². The first kappa shape index (κ1) is 34.7. The van der Waals surface area contributed by atoms with Gasteiger partial charge in [0.05, 0.1) is 0 Å². The summed E-state index contributed by atoms with van der Waals surface area (Å²) >= 11 is 0. The van der Waals surface area contributed by atoms with Crippen LogP contribution in [0.4, 0.5) is 83.4 Å². The van der Waals surface area contributed by atoms with E-state index < -0.39 is 63.0 Å². The van der Waals surface area contributed by atoms with Crippen LogP contribution < -0.4 is 29.6 Å². The Morgan fingerprint density at radius 3 is 0.848 bits per heavy atom. The number of halogens is 19. The molecular weight excluding hydrogens is 572 g/mol. The topological polar surface area (TPSA) is 57.2 Å². The predicted molar refractivity (Wildman–Crippen MR) is 55.3 cm³/mol. The maximum absolute atomic E-state index is 13.2. The van der Waals surface area contributed by atoms with Crippen LogP contribution in [0.3, 0.4) is 0 Å². The molecule has 0 saturated heterocycles. The fourth-order valence-electron chi connectivity index (χ4n) is 1.66. The van der Waals surface area contributed by atoms with Crippen LogP contribution in [0.5, 0.6) is 0 Å². The summed E-state index contributed by atoms with van der Waals surface area (Å²) in [5, 5.41) is -8.10. The van der Waals surface area contributed by atoms with Crippen molar-refractivity contribution in [2.24, 2.45) is 0 Å². The van der Waals surface area contributed by atoms with Gasteiger partial charge in [-0.2, -0.15) is 79.0 Å². The average Bonchev–Trinajstić information content (AvgIpc) is 2.49. The van der Waals surface area contributed by atoms with Crippen molar-refractivity contribution in [1.29, 1.82) is 0 Å². The monoisotopic (exact) mass is 572 g/mol. The molecule has 0 rings (SSSR count). The van der Waals surface area contributed by atoms with Gasteiger partial charge in [0.25, 0.3) is 0 Å². The molecule has 0 aromatic heterocycles. The zero-order chi connectivity index (χ0) is 27.0. The Hall–Kier alpha value is -0.420. The Morgan fingerprint density at radius 2 is 0.636 bits per heavy atom. The van der Waals surface area contributed by atoms with E-state index in [-0.39, 0.29) is 29.6 Å². The van der Waals surface area contributed by atoms with Gasteiger partial charge in [0, 0.05) is 0 Å². The van der Waals surface area contributed by atoms with Crippen LogP contribution in [0.1, 0.15) is 0 Å². The van der Waals surface area contributed by atoms with Crippen LogP contribution in [-0.2, 0) is 10.1 Å². The molecule has 0 saturated carbocycles. The average molecular weight is 572 g/mol. The van der Waals surface area contributed by atoms with E-state index in [1.54, 1.807) is 0 Å². The van der Waals surface area contributed by atoms with E-state index in [1.807, 2.05) is 0 Å². The molecule has 33 heavy (non-hydrogen) atoms. The third-order valence-electron chi connectivity index (χ3n) is 3.47. The Labute approximate surface area is 189 Å². The van der Waals surface area contributed by atoms with Gasteiger partial charge in [-0.1, -0.05) is 0 Å². The molecule has 0 unspecified atom stereocenters. The standard InChI is InChI=1S/C9HF19O3S.Na/c10-1(7(21,22)23,8(24,25)26)2(11,12)3(13,14)4(15,16)5(17,18)6(19,20)9(27,28)32(29,30)31;/h(H,29,30,31);/q;+1/p-1. The molecule has 0 heterocycles. The molecule has 0 radical (unpaired) electrons. The van der Waals surface area contributed by atoms with Crippen molar-refractivity contribution in [1.82, 2.24) is 0 Å². The second-order valence-electron chi connectivity index (χ2n) is 5.50. The summed E-state index contributed by atoms with van der Waals surface area (Å²) in [5.41, 5.74) is -8.89. The minimum absolute atomic E-state index is 0. The molecule has 0 spiro atoms. The number of hydrogen-bond acceptors (Lipinski definition) is 3. The van der Waals surface area contributed by atoms with E-state index in [2.05, 4.69) is 0 Å².